The number of amides is 1. The first-order chi connectivity index (χ1) is 10.8. The molecular weight excluding hydrogens is 295 g/mol. The molecule has 0 saturated carbocycles. The molecule has 1 amide bonds. The monoisotopic (exact) mass is 316 g/mol. The van der Waals surface area contributed by atoms with Crippen LogP contribution in [-0.2, 0) is 11.3 Å². The summed E-state index contributed by atoms with van der Waals surface area (Å²) in [6.07, 6.45) is -0.577. The molecule has 0 heterocycles. The number of halogens is 1. The molecule has 0 spiro atoms. The highest BCUT2D eigenvalue weighted by Gasteiger charge is 2.17. The van der Waals surface area contributed by atoms with Crippen molar-refractivity contribution in [2.45, 2.75) is 32.9 Å². The summed E-state index contributed by atoms with van der Waals surface area (Å²) in [5.41, 5.74) is 1.43. The first kappa shape index (κ1) is 16.8. The lowest BCUT2D eigenvalue weighted by Crippen LogP contribution is -2.27. The minimum absolute atomic E-state index is 0.379. The number of rotatable bonds is 4. The van der Waals surface area contributed by atoms with Gasteiger partial charge in [0.2, 0.25) is 0 Å². The van der Waals surface area contributed by atoms with Crippen LogP contribution in [0.3, 0.4) is 0 Å². The Bertz CT molecular complexity index is 666. The Morgan fingerprint density at radius 2 is 1.78 bits per heavy atom. The van der Waals surface area contributed by atoms with Crippen molar-refractivity contribution in [3.05, 3.63) is 59.9 Å². The Balaban J connectivity index is 2.09. The lowest BCUT2D eigenvalue weighted by molar-refractivity contribution is 0.0636. The molecule has 5 heteroatoms. The normalized spacial score (nSPS) is 11.0. The van der Waals surface area contributed by atoms with Crippen molar-refractivity contribution in [2.75, 3.05) is 10.6 Å². The summed E-state index contributed by atoms with van der Waals surface area (Å²) < 4.78 is 18.7. The maximum atomic E-state index is 13.5. The second-order valence-electron chi connectivity index (χ2n) is 6.16. The van der Waals surface area contributed by atoms with Crippen LogP contribution in [-0.4, -0.2) is 11.7 Å². The van der Waals surface area contributed by atoms with Crippen LogP contribution in [0.4, 0.5) is 20.6 Å². The zero-order valence-corrected chi connectivity index (χ0v) is 13.5. The lowest BCUT2D eigenvalue weighted by Gasteiger charge is -2.20. The highest BCUT2D eigenvalue weighted by molar-refractivity contribution is 5.89. The molecule has 23 heavy (non-hydrogen) atoms. The third-order valence-electron chi connectivity index (χ3n) is 2.94. The molecule has 122 valence electrons. The van der Waals surface area contributed by atoms with E-state index in [2.05, 4.69) is 10.6 Å². The van der Waals surface area contributed by atoms with E-state index in [-0.39, 0.29) is 5.82 Å². The molecule has 0 aliphatic carbocycles. The largest absolute Gasteiger partial charge is 0.444 e. The van der Waals surface area contributed by atoms with E-state index < -0.39 is 11.7 Å². The van der Waals surface area contributed by atoms with E-state index in [9.17, 15) is 9.18 Å². The fourth-order valence-electron chi connectivity index (χ4n) is 1.98. The van der Waals surface area contributed by atoms with Crippen LogP contribution in [0, 0.1) is 5.82 Å². The van der Waals surface area contributed by atoms with Crippen LogP contribution in [0.1, 0.15) is 26.3 Å². The highest BCUT2D eigenvalue weighted by atomic mass is 19.1. The predicted molar refractivity (Wildman–Crippen MR) is 90.0 cm³/mol. The van der Waals surface area contributed by atoms with Crippen LogP contribution in [0.5, 0.6) is 0 Å². The van der Waals surface area contributed by atoms with Gasteiger partial charge in [-0.2, -0.15) is 0 Å². The van der Waals surface area contributed by atoms with Gasteiger partial charge in [0.05, 0.1) is 11.4 Å². The Morgan fingerprint density at radius 3 is 2.43 bits per heavy atom. The van der Waals surface area contributed by atoms with Crippen LogP contribution >= 0.6 is 0 Å². The van der Waals surface area contributed by atoms with Gasteiger partial charge in [-0.3, -0.25) is 5.32 Å². The summed E-state index contributed by atoms with van der Waals surface area (Å²) in [6.45, 7) is 5.87. The lowest BCUT2D eigenvalue weighted by atomic mass is 10.2. The molecule has 0 aliphatic heterocycles. The van der Waals surface area contributed by atoms with Gasteiger partial charge in [-0.25, -0.2) is 9.18 Å². The summed E-state index contributed by atoms with van der Waals surface area (Å²) in [5, 5.41) is 5.77. The molecule has 2 aromatic carbocycles. The van der Waals surface area contributed by atoms with Gasteiger partial charge in [0.15, 0.2) is 0 Å². The maximum absolute atomic E-state index is 13.5. The number of benzene rings is 2. The Morgan fingerprint density at radius 1 is 1.09 bits per heavy atom. The van der Waals surface area contributed by atoms with Crippen LogP contribution in [0.15, 0.2) is 48.5 Å². The van der Waals surface area contributed by atoms with E-state index in [1.807, 2.05) is 30.3 Å². The average molecular weight is 316 g/mol. The van der Waals surface area contributed by atoms with Crippen molar-refractivity contribution in [3.8, 4) is 0 Å². The molecule has 0 saturated heterocycles. The van der Waals surface area contributed by atoms with Gasteiger partial charge in [-0.1, -0.05) is 30.3 Å². The van der Waals surface area contributed by atoms with Crippen molar-refractivity contribution in [1.82, 2.24) is 0 Å². The maximum Gasteiger partial charge on any atom is 0.412 e. The number of carbonyl (C=O) groups excluding carboxylic acids is 1. The summed E-state index contributed by atoms with van der Waals surface area (Å²) in [4.78, 5) is 11.9. The summed E-state index contributed by atoms with van der Waals surface area (Å²) in [5.74, 6) is -0.379. The number of hydrogen-bond acceptors (Lipinski definition) is 3. The molecule has 0 atom stereocenters. The topological polar surface area (TPSA) is 50.4 Å². The molecule has 2 rings (SSSR count). The fraction of sp³-hybridized carbons (Fsp3) is 0.278. The fourth-order valence-corrected chi connectivity index (χ4v) is 1.98. The van der Waals surface area contributed by atoms with Gasteiger partial charge < -0.3 is 10.1 Å². The van der Waals surface area contributed by atoms with Crippen molar-refractivity contribution in [2.24, 2.45) is 0 Å². The van der Waals surface area contributed by atoms with Gasteiger partial charge in [0, 0.05) is 6.54 Å². The zero-order valence-electron chi connectivity index (χ0n) is 13.5. The zero-order chi connectivity index (χ0) is 16.9. The number of ether oxygens (including phenoxy) is 1. The summed E-state index contributed by atoms with van der Waals surface area (Å²) >= 11 is 0. The van der Waals surface area contributed by atoms with Crippen molar-refractivity contribution >= 4 is 17.5 Å². The highest BCUT2D eigenvalue weighted by Crippen LogP contribution is 2.24. The Hall–Kier alpha value is -2.56. The molecule has 2 aromatic rings. The smallest absolute Gasteiger partial charge is 0.412 e. The number of nitrogens with one attached hydrogen (secondary N) is 2. The standard InChI is InChI=1S/C18H21FN2O2/c1-18(2,3)23-17(22)21-15-10-9-14(19)11-16(15)20-12-13-7-5-4-6-8-13/h4-11,20H,12H2,1-3H3,(H,21,22). The summed E-state index contributed by atoms with van der Waals surface area (Å²) in [6, 6.07) is 13.9. The molecular formula is C18H21FN2O2. The second kappa shape index (κ2) is 7.13. The molecule has 0 unspecified atom stereocenters. The van der Waals surface area contributed by atoms with Gasteiger partial charge in [0.1, 0.15) is 11.4 Å². The SMILES string of the molecule is CC(C)(C)OC(=O)Nc1ccc(F)cc1NCc1ccccc1. The quantitative estimate of drug-likeness (QED) is 0.853. The number of hydrogen-bond donors (Lipinski definition) is 2. The molecule has 0 aromatic heterocycles. The summed E-state index contributed by atoms with van der Waals surface area (Å²) in [7, 11) is 0. The first-order valence-electron chi connectivity index (χ1n) is 7.41. The number of anilines is 2. The minimum atomic E-state index is -0.595. The van der Waals surface area contributed by atoms with Crippen LogP contribution < -0.4 is 10.6 Å². The first-order valence-corrected chi connectivity index (χ1v) is 7.41. The van der Waals surface area contributed by atoms with Crippen molar-refractivity contribution in [1.29, 1.82) is 0 Å². The van der Waals surface area contributed by atoms with E-state index in [1.54, 1.807) is 20.8 Å². The Labute approximate surface area is 135 Å². The van der Waals surface area contributed by atoms with E-state index in [4.69, 9.17) is 4.74 Å². The van der Waals surface area contributed by atoms with E-state index in [1.165, 1.54) is 18.2 Å². The molecule has 0 aliphatic rings. The van der Waals surface area contributed by atoms with E-state index in [0.29, 0.717) is 17.9 Å². The second-order valence-corrected chi connectivity index (χ2v) is 6.16. The number of carbonyl (C=O) groups is 1. The molecule has 0 fully saturated rings. The van der Waals surface area contributed by atoms with Crippen LogP contribution in [0.25, 0.3) is 0 Å². The van der Waals surface area contributed by atoms with E-state index >= 15 is 0 Å². The van der Waals surface area contributed by atoms with Crippen LogP contribution in [0.2, 0.25) is 0 Å². The van der Waals surface area contributed by atoms with Gasteiger partial charge >= 0.3 is 6.09 Å². The van der Waals surface area contributed by atoms with Gasteiger partial charge in [-0.05, 0) is 44.5 Å². The molecule has 0 radical (unpaired) electrons. The van der Waals surface area contributed by atoms with Crippen molar-refractivity contribution < 1.29 is 13.9 Å². The molecule has 0 bridgehead atoms. The third-order valence-corrected chi connectivity index (χ3v) is 2.94. The average Bonchev–Trinajstić information content (AvgIpc) is 2.46. The minimum Gasteiger partial charge on any atom is -0.444 e. The van der Waals surface area contributed by atoms with Gasteiger partial charge in [0.25, 0.3) is 0 Å². The van der Waals surface area contributed by atoms with Gasteiger partial charge in [-0.15, -0.1) is 0 Å². The predicted octanol–water partition coefficient (Wildman–Crippen LogP) is 4.78. The van der Waals surface area contributed by atoms with Crippen molar-refractivity contribution in [3.63, 3.8) is 0 Å². The molecule has 4 nitrogen and oxygen atoms in total. The Kier molecular flexibility index (Phi) is 5.21. The molecule has 2 N–H and O–H groups in total. The van der Waals surface area contributed by atoms with E-state index in [0.717, 1.165) is 5.56 Å². The third kappa shape index (κ3) is 5.62.